The topological polar surface area (TPSA) is 49.3 Å². The second-order valence-corrected chi connectivity index (χ2v) is 5.74. The van der Waals surface area contributed by atoms with E-state index in [1.165, 1.54) is 11.8 Å². The van der Waals surface area contributed by atoms with Crippen molar-refractivity contribution in [1.29, 1.82) is 0 Å². The number of benzene rings is 1. The van der Waals surface area contributed by atoms with Crippen molar-refractivity contribution < 1.29 is 4.79 Å². The summed E-state index contributed by atoms with van der Waals surface area (Å²) in [6, 6.07) is 8.50. The molecule has 0 saturated carbocycles. The van der Waals surface area contributed by atoms with E-state index in [-0.39, 0.29) is 11.9 Å². The number of rotatable bonds is 3. The summed E-state index contributed by atoms with van der Waals surface area (Å²) in [4.78, 5) is 24.8. The van der Waals surface area contributed by atoms with E-state index in [0.29, 0.717) is 5.69 Å². The highest BCUT2D eigenvalue weighted by atomic mass is 16.2. The van der Waals surface area contributed by atoms with Crippen LogP contribution in [0.4, 0.5) is 5.69 Å². The van der Waals surface area contributed by atoms with Crippen LogP contribution in [-0.4, -0.2) is 41.4 Å². The van der Waals surface area contributed by atoms with Crippen molar-refractivity contribution in [2.45, 2.75) is 18.9 Å². The molecule has 0 bridgehead atoms. The third kappa shape index (κ3) is 2.79. The van der Waals surface area contributed by atoms with Gasteiger partial charge in [0, 0.05) is 38.7 Å². The van der Waals surface area contributed by atoms with Crippen LogP contribution in [0.3, 0.4) is 0 Å². The summed E-state index contributed by atoms with van der Waals surface area (Å²) >= 11 is 0. The van der Waals surface area contributed by atoms with Crippen molar-refractivity contribution in [3.8, 4) is 0 Å². The third-order valence-electron chi connectivity index (χ3n) is 4.07. The molecule has 114 valence electrons. The minimum Gasteiger partial charge on any atom is -0.378 e. The summed E-state index contributed by atoms with van der Waals surface area (Å²) in [6.07, 6.45) is 6.68. The predicted molar refractivity (Wildman–Crippen MR) is 85.8 cm³/mol. The Labute approximate surface area is 130 Å². The number of nitrogens with zero attached hydrogens (tertiary/aromatic N) is 4. The number of aromatic nitrogens is 2. The van der Waals surface area contributed by atoms with Crippen molar-refractivity contribution in [2.24, 2.45) is 0 Å². The van der Waals surface area contributed by atoms with Crippen LogP contribution in [0.25, 0.3) is 0 Å². The molecule has 1 atom stereocenters. The van der Waals surface area contributed by atoms with E-state index >= 15 is 0 Å². The zero-order valence-corrected chi connectivity index (χ0v) is 12.9. The second kappa shape index (κ2) is 6.13. The Balaban J connectivity index is 1.87. The molecule has 0 spiro atoms. The molecule has 5 nitrogen and oxygen atoms in total. The number of carbonyl (C=O) groups is 1. The minimum atomic E-state index is -0.0362. The Hall–Kier alpha value is -2.43. The van der Waals surface area contributed by atoms with Crippen LogP contribution in [0.2, 0.25) is 0 Å². The summed E-state index contributed by atoms with van der Waals surface area (Å²) in [5.74, 6) is -0.0362. The Morgan fingerprint density at radius 1 is 1.32 bits per heavy atom. The quantitative estimate of drug-likeness (QED) is 0.873. The molecule has 1 fully saturated rings. The maximum Gasteiger partial charge on any atom is 0.274 e. The number of likely N-dealkylation sites (tertiary alicyclic amines) is 1. The average Bonchev–Trinajstić information content (AvgIpc) is 3.04. The lowest BCUT2D eigenvalue weighted by molar-refractivity contribution is 0.0729. The average molecular weight is 296 g/mol. The third-order valence-corrected chi connectivity index (χ3v) is 4.07. The molecule has 1 amide bonds. The Morgan fingerprint density at radius 3 is 2.91 bits per heavy atom. The number of hydrogen-bond acceptors (Lipinski definition) is 4. The lowest BCUT2D eigenvalue weighted by Crippen LogP contribution is -2.31. The number of anilines is 1. The highest BCUT2D eigenvalue weighted by Crippen LogP contribution is 2.34. The molecule has 0 aliphatic carbocycles. The van der Waals surface area contributed by atoms with Gasteiger partial charge < -0.3 is 9.80 Å². The number of amides is 1. The van der Waals surface area contributed by atoms with E-state index in [2.05, 4.69) is 33.1 Å². The van der Waals surface area contributed by atoms with Gasteiger partial charge in [-0.1, -0.05) is 12.1 Å². The maximum atomic E-state index is 12.7. The summed E-state index contributed by atoms with van der Waals surface area (Å²) in [5, 5.41) is 0. The fourth-order valence-electron chi connectivity index (χ4n) is 2.92. The molecular weight excluding hydrogens is 276 g/mol. The van der Waals surface area contributed by atoms with Gasteiger partial charge in [-0.3, -0.25) is 9.78 Å². The molecule has 1 aromatic carbocycles. The molecule has 0 unspecified atom stereocenters. The number of hydrogen-bond donors (Lipinski definition) is 0. The lowest BCUT2D eigenvalue weighted by atomic mass is 10.0. The van der Waals surface area contributed by atoms with Crippen molar-refractivity contribution in [1.82, 2.24) is 14.9 Å². The van der Waals surface area contributed by atoms with E-state index in [4.69, 9.17) is 0 Å². The van der Waals surface area contributed by atoms with Crippen molar-refractivity contribution in [2.75, 3.05) is 25.5 Å². The first-order chi connectivity index (χ1) is 10.7. The summed E-state index contributed by atoms with van der Waals surface area (Å²) in [5.41, 5.74) is 2.75. The molecular formula is C17H20N4O. The van der Waals surface area contributed by atoms with Gasteiger partial charge in [0.25, 0.3) is 5.91 Å². The van der Waals surface area contributed by atoms with Crippen LogP contribution < -0.4 is 4.90 Å². The summed E-state index contributed by atoms with van der Waals surface area (Å²) in [6.45, 7) is 0.770. The molecule has 0 N–H and O–H groups in total. The fourth-order valence-corrected chi connectivity index (χ4v) is 2.92. The fraction of sp³-hybridized carbons (Fsp3) is 0.353. The first-order valence-corrected chi connectivity index (χ1v) is 7.51. The summed E-state index contributed by atoms with van der Waals surface area (Å²) in [7, 11) is 4.05. The van der Waals surface area contributed by atoms with Crippen LogP contribution >= 0.6 is 0 Å². The van der Waals surface area contributed by atoms with Gasteiger partial charge in [0.1, 0.15) is 5.69 Å². The molecule has 0 radical (unpaired) electrons. The molecule has 22 heavy (non-hydrogen) atoms. The second-order valence-electron chi connectivity index (χ2n) is 5.74. The van der Waals surface area contributed by atoms with E-state index in [9.17, 15) is 4.79 Å². The first kappa shape index (κ1) is 14.5. The van der Waals surface area contributed by atoms with Crippen molar-refractivity contribution in [3.63, 3.8) is 0 Å². The lowest BCUT2D eigenvalue weighted by Gasteiger charge is -2.25. The van der Waals surface area contributed by atoms with Gasteiger partial charge in [0.2, 0.25) is 0 Å². The Bertz CT molecular complexity index is 657. The minimum absolute atomic E-state index is 0.0362. The first-order valence-electron chi connectivity index (χ1n) is 7.51. The molecule has 1 aliphatic heterocycles. The van der Waals surface area contributed by atoms with E-state index < -0.39 is 0 Å². The SMILES string of the molecule is CN(C)c1cccc([C@H]2CCCN2C(=O)c2cnccn2)c1. The molecule has 5 heteroatoms. The molecule has 2 aromatic rings. The van der Waals surface area contributed by atoms with Crippen LogP contribution in [0.1, 0.15) is 34.9 Å². The maximum absolute atomic E-state index is 12.7. The normalized spacial score (nSPS) is 17.5. The van der Waals surface area contributed by atoms with E-state index in [1.807, 2.05) is 25.1 Å². The largest absolute Gasteiger partial charge is 0.378 e. The van der Waals surface area contributed by atoms with E-state index in [1.54, 1.807) is 12.4 Å². The molecule has 1 aromatic heterocycles. The zero-order valence-electron chi connectivity index (χ0n) is 12.9. The molecule has 1 saturated heterocycles. The Morgan fingerprint density at radius 2 is 2.18 bits per heavy atom. The number of carbonyl (C=O) groups excluding carboxylic acids is 1. The molecule has 3 rings (SSSR count). The van der Waals surface area contributed by atoms with Crippen LogP contribution in [0.5, 0.6) is 0 Å². The zero-order chi connectivity index (χ0) is 15.5. The highest BCUT2D eigenvalue weighted by molar-refractivity contribution is 5.92. The molecule has 1 aliphatic rings. The smallest absolute Gasteiger partial charge is 0.274 e. The monoisotopic (exact) mass is 296 g/mol. The van der Waals surface area contributed by atoms with E-state index in [0.717, 1.165) is 25.1 Å². The van der Waals surface area contributed by atoms with Crippen molar-refractivity contribution in [3.05, 3.63) is 54.1 Å². The predicted octanol–water partition coefficient (Wildman–Crippen LogP) is 2.52. The van der Waals surface area contributed by atoms with Gasteiger partial charge in [-0.2, -0.15) is 0 Å². The van der Waals surface area contributed by atoms with Crippen molar-refractivity contribution >= 4 is 11.6 Å². The standard InChI is InChI=1S/C17H20N4O/c1-20(2)14-6-3-5-13(11-14)16-7-4-10-21(16)17(22)15-12-18-8-9-19-15/h3,5-6,8-9,11-12,16H,4,7,10H2,1-2H3/t16-/m1/s1. The van der Waals surface area contributed by atoms with Gasteiger partial charge in [0.05, 0.1) is 12.2 Å². The highest BCUT2D eigenvalue weighted by Gasteiger charge is 2.31. The van der Waals surface area contributed by atoms with Crippen LogP contribution in [0, 0.1) is 0 Å². The van der Waals surface area contributed by atoms with Crippen LogP contribution in [0.15, 0.2) is 42.9 Å². The Kier molecular flexibility index (Phi) is 4.04. The van der Waals surface area contributed by atoms with Gasteiger partial charge in [-0.05, 0) is 30.5 Å². The van der Waals surface area contributed by atoms with Gasteiger partial charge in [-0.25, -0.2) is 4.98 Å². The van der Waals surface area contributed by atoms with Gasteiger partial charge in [0.15, 0.2) is 0 Å². The van der Waals surface area contributed by atoms with Gasteiger partial charge >= 0.3 is 0 Å². The summed E-state index contributed by atoms with van der Waals surface area (Å²) < 4.78 is 0. The molecule has 2 heterocycles. The van der Waals surface area contributed by atoms with Crippen LogP contribution in [-0.2, 0) is 0 Å². The van der Waals surface area contributed by atoms with Gasteiger partial charge in [-0.15, -0.1) is 0 Å².